The molecule has 0 saturated carbocycles. The molecule has 0 spiro atoms. The molecule has 2 aromatic rings. The fraction of sp³-hybridized carbons (Fsp3) is 0.0909. The summed E-state index contributed by atoms with van der Waals surface area (Å²) in [5.41, 5.74) is 0.369. The van der Waals surface area contributed by atoms with Crippen LogP contribution in [0.4, 0.5) is 13.2 Å². The van der Waals surface area contributed by atoms with Gasteiger partial charge in [-0.1, -0.05) is 0 Å². The van der Waals surface area contributed by atoms with Crippen LogP contribution >= 0.6 is 0 Å². The van der Waals surface area contributed by atoms with Crippen LogP contribution in [0.1, 0.15) is 16.1 Å². The molecule has 0 amide bonds. The molecule has 17 heavy (non-hydrogen) atoms. The number of carbonyl (C=O) groups excluding carboxylic acids is 1. The normalized spacial score (nSPS) is 10.6. The number of halogens is 3. The van der Waals surface area contributed by atoms with E-state index in [1.165, 1.54) is 13.1 Å². The van der Waals surface area contributed by atoms with Crippen molar-refractivity contribution in [2.24, 2.45) is 0 Å². The van der Waals surface area contributed by atoms with Gasteiger partial charge in [-0.2, -0.15) is 5.10 Å². The smallest absolute Gasteiger partial charge is 0.161 e. The third kappa shape index (κ3) is 1.82. The number of carbonyl (C=O) groups is 1. The monoisotopic (exact) mass is 240 g/mol. The maximum absolute atomic E-state index is 13.5. The van der Waals surface area contributed by atoms with Crippen molar-refractivity contribution in [2.75, 3.05) is 0 Å². The van der Waals surface area contributed by atoms with Gasteiger partial charge < -0.3 is 0 Å². The number of hydrogen-bond donors (Lipinski definition) is 0. The topological polar surface area (TPSA) is 34.9 Å². The lowest BCUT2D eigenvalue weighted by molar-refractivity contribution is 0.112. The minimum atomic E-state index is -1.27. The predicted molar refractivity (Wildman–Crippen MR) is 53.6 cm³/mol. The Morgan fingerprint density at radius 3 is 2.41 bits per heavy atom. The van der Waals surface area contributed by atoms with E-state index in [9.17, 15) is 18.0 Å². The highest BCUT2D eigenvalue weighted by molar-refractivity contribution is 5.76. The van der Waals surface area contributed by atoms with Gasteiger partial charge >= 0.3 is 0 Å². The highest BCUT2D eigenvalue weighted by Gasteiger charge is 2.15. The molecule has 6 heteroatoms. The lowest BCUT2D eigenvalue weighted by Crippen LogP contribution is -2.04. The Morgan fingerprint density at radius 1 is 1.18 bits per heavy atom. The maximum atomic E-state index is 13.5. The Labute approximate surface area is 94.5 Å². The summed E-state index contributed by atoms with van der Waals surface area (Å²) in [6.07, 6.45) is 1.78. The summed E-state index contributed by atoms with van der Waals surface area (Å²) in [4.78, 5) is 10.6. The molecule has 0 radical (unpaired) electrons. The molecular weight excluding hydrogens is 233 g/mol. The molecular formula is C11H7F3N2O. The van der Waals surface area contributed by atoms with Gasteiger partial charge in [-0.15, -0.1) is 0 Å². The second-order valence-corrected chi connectivity index (χ2v) is 3.43. The summed E-state index contributed by atoms with van der Waals surface area (Å²) in [7, 11) is 0. The molecule has 88 valence electrons. The van der Waals surface area contributed by atoms with Crippen molar-refractivity contribution in [3.63, 3.8) is 0 Å². The Bertz CT molecular complexity index is 593. The fourth-order valence-corrected chi connectivity index (χ4v) is 1.46. The SMILES string of the molecule is Cc1c(C=O)cnn1-c1cc(F)c(F)cc1F. The van der Waals surface area contributed by atoms with E-state index < -0.39 is 17.5 Å². The Hall–Kier alpha value is -2.11. The summed E-state index contributed by atoms with van der Waals surface area (Å²) in [5, 5.41) is 3.74. The summed E-state index contributed by atoms with van der Waals surface area (Å²) in [5.74, 6) is -3.40. The van der Waals surface area contributed by atoms with Crippen LogP contribution in [0.3, 0.4) is 0 Å². The van der Waals surface area contributed by atoms with E-state index in [0.717, 1.165) is 4.68 Å². The first-order valence-corrected chi connectivity index (χ1v) is 4.69. The lowest BCUT2D eigenvalue weighted by atomic mass is 10.2. The first-order chi connectivity index (χ1) is 8.04. The molecule has 3 nitrogen and oxygen atoms in total. The zero-order chi connectivity index (χ0) is 12.6. The van der Waals surface area contributed by atoms with Gasteiger partial charge in [0.05, 0.1) is 17.5 Å². The van der Waals surface area contributed by atoms with Crippen LogP contribution in [-0.4, -0.2) is 16.1 Å². The molecule has 0 unspecified atom stereocenters. The first kappa shape index (κ1) is 11.4. The van der Waals surface area contributed by atoms with Gasteiger partial charge in [0.1, 0.15) is 5.69 Å². The molecule has 0 aliphatic rings. The zero-order valence-electron chi connectivity index (χ0n) is 8.75. The van der Waals surface area contributed by atoms with Gasteiger partial charge in [-0.05, 0) is 6.92 Å². The summed E-state index contributed by atoms with van der Waals surface area (Å²) < 4.78 is 40.3. The average Bonchev–Trinajstić information content (AvgIpc) is 2.65. The van der Waals surface area contributed by atoms with Crippen LogP contribution < -0.4 is 0 Å². The standard InChI is InChI=1S/C11H7F3N2O/c1-6-7(5-17)4-15-16(6)11-3-9(13)8(12)2-10(11)14/h2-5H,1H3. The Morgan fingerprint density at radius 2 is 1.82 bits per heavy atom. The van der Waals surface area contributed by atoms with Crippen LogP contribution in [-0.2, 0) is 0 Å². The van der Waals surface area contributed by atoms with Gasteiger partial charge in [-0.3, -0.25) is 4.79 Å². The van der Waals surface area contributed by atoms with E-state index in [2.05, 4.69) is 5.10 Å². The number of aldehydes is 1. The van der Waals surface area contributed by atoms with E-state index in [4.69, 9.17) is 0 Å². The molecule has 1 heterocycles. The lowest BCUT2D eigenvalue weighted by Gasteiger charge is -2.06. The third-order valence-electron chi connectivity index (χ3n) is 2.39. The summed E-state index contributed by atoms with van der Waals surface area (Å²) in [6, 6.07) is 1.13. The average molecular weight is 240 g/mol. The molecule has 2 rings (SSSR count). The molecule has 1 aromatic heterocycles. The van der Waals surface area contributed by atoms with E-state index in [-0.39, 0.29) is 11.3 Å². The zero-order valence-corrected chi connectivity index (χ0v) is 8.75. The van der Waals surface area contributed by atoms with Gasteiger partial charge in [0.15, 0.2) is 23.7 Å². The largest absolute Gasteiger partial charge is 0.298 e. The second kappa shape index (κ2) is 4.04. The van der Waals surface area contributed by atoms with Crippen molar-refractivity contribution in [1.82, 2.24) is 9.78 Å². The Kier molecular flexibility index (Phi) is 2.71. The van der Waals surface area contributed by atoms with Crippen molar-refractivity contribution in [3.05, 3.63) is 47.0 Å². The van der Waals surface area contributed by atoms with E-state index in [0.29, 0.717) is 24.1 Å². The molecule has 0 aliphatic carbocycles. The van der Waals surface area contributed by atoms with Crippen molar-refractivity contribution < 1.29 is 18.0 Å². The number of nitrogens with zero attached hydrogens (tertiary/aromatic N) is 2. The van der Waals surface area contributed by atoms with Gasteiger partial charge in [0, 0.05) is 12.1 Å². The van der Waals surface area contributed by atoms with E-state index >= 15 is 0 Å². The predicted octanol–water partition coefficient (Wildman–Crippen LogP) is 2.41. The molecule has 0 saturated heterocycles. The minimum Gasteiger partial charge on any atom is -0.298 e. The number of rotatable bonds is 2. The van der Waals surface area contributed by atoms with Crippen LogP contribution in [0.25, 0.3) is 5.69 Å². The first-order valence-electron chi connectivity index (χ1n) is 4.69. The second-order valence-electron chi connectivity index (χ2n) is 3.43. The van der Waals surface area contributed by atoms with E-state index in [1.54, 1.807) is 0 Å². The van der Waals surface area contributed by atoms with Crippen LogP contribution in [0.15, 0.2) is 18.3 Å². The van der Waals surface area contributed by atoms with Gasteiger partial charge in [-0.25, -0.2) is 17.9 Å². The van der Waals surface area contributed by atoms with Crippen molar-refractivity contribution in [3.8, 4) is 5.69 Å². The van der Waals surface area contributed by atoms with Gasteiger partial charge in [0.2, 0.25) is 0 Å². The van der Waals surface area contributed by atoms with Crippen molar-refractivity contribution in [2.45, 2.75) is 6.92 Å². The molecule has 0 atom stereocenters. The van der Waals surface area contributed by atoms with E-state index in [1.807, 2.05) is 0 Å². The van der Waals surface area contributed by atoms with Crippen LogP contribution in [0.2, 0.25) is 0 Å². The molecule has 0 aliphatic heterocycles. The highest BCUT2D eigenvalue weighted by Crippen LogP contribution is 2.19. The quantitative estimate of drug-likeness (QED) is 0.596. The number of aromatic nitrogens is 2. The Balaban J connectivity index is 2.64. The fourth-order valence-electron chi connectivity index (χ4n) is 1.46. The molecule has 1 aromatic carbocycles. The number of hydrogen-bond acceptors (Lipinski definition) is 2. The van der Waals surface area contributed by atoms with Crippen LogP contribution in [0.5, 0.6) is 0 Å². The van der Waals surface area contributed by atoms with Crippen molar-refractivity contribution in [1.29, 1.82) is 0 Å². The van der Waals surface area contributed by atoms with Crippen molar-refractivity contribution >= 4 is 6.29 Å². The summed E-state index contributed by atoms with van der Waals surface area (Å²) >= 11 is 0. The number of benzene rings is 1. The molecule has 0 fully saturated rings. The molecule has 0 N–H and O–H groups in total. The maximum Gasteiger partial charge on any atom is 0.161 e. The van der Waals surface area contributed by atoms with Crippen LogP contribution in [0, 0.1) is 24.4 Å². The minimum absolute atomic E-state index is 0.241. The summed E-state index contributed by atoms with van der Waals surface area (Å²) in [6.45, 7) is 1.53. The molecule has 0 bridgehead atoms. The van der Waals surface area contributed by atoms with Gasteiger partial charge in [0.25, 0.3) is 0 Å². The third-order valence-corrected chi connectivity index (χ3v) is 2.39. The highest BCUT2D eigenvalue weighted by atomic mass is 19.2.